The van der Waals surface area contributed by atoms with Crippen molar-refractivity contribution < 1.29 is 14.6 Å². The first kappa shape index (κ1) is 14.2. The molecule has 0 aromatic carbocycles. The van der Waals surface area contributed by atoms with Crippen LogP contribution in [0.3, 0.4) is 0 Å². The molecule has 2 atom stereocenters. The van der Waals surface area contributed by atoms with Gasteiger partial charge in [-0.3, -0.25) is 4.79 Å². The molecule has 1 rings (SSSR count). The molecule has 0 saturated carbocycles. The second kappa shape index (κ2) is 8.29. The molecule has 0 radical (unpaired) electrons. The van der Waals surface area contributed by atoms with Crippen LogP contribution in [0.15, 0.2) is 12.7 Å². The van der Waals surface area contributed by atoms with Crippen LogP contribution < -0.4 is 0 Å². The topological polar surface area (TPSA) is 49.8 Å². The zero-order chi connectivity index (χ0) is 12.5. The number of allylic oxidation sites excluding steroid dienone is 1. The van der Waals surface area contributed by atoms with E-state index in [-0.39, 0.29) is 12.0 Å². The first-order valence-corrected chi connectivity index (χ1v) is 6.69. The third kappa shape index (κ3) is 7.16. The molecular formula is C14H24O3. The van der Waals surface area contributed by atoms with Crippen LogP contribution in [-0.4, -0.2) is 23.8 Å². The molecule has 1 fully saturated rings. The molecule has 98 valence electrons. The molecule has 0 aliphatic carbocycles. The lowest BCUT2D eigenvalue weighted by atomic mass is 9.96. The summed E-state index contributed by atoms with van der Waals surface area (Å²) in [6.45, 7) is 4.45. The van der Waals surface area contributed by atoms with Gasteiger partial charge in [-0.05, 0) is 25.7 Å². The summed E-state index contributed by atoms with van der Waals surface area (Å²) in [4.78, 5) is 11.0. The number of carboxylic acids is 1. The van der Waals surface area contributed by atoms with Gasteiger partial charge in [0.25, 0.3) is 0 Å². The number of rotatable bonds is 11. The van der Waals surface area contributed by atoms with Crippen LogP contribution in [0.1, 0.15) is 51.4 Å². The summed E-state index contributed by atoms with van der Waals surface area (Å²) in [6.07, 6.45) is 10.6. The maximum Gasteiger partial charge on any atom is 0.306 e. The van der Waals surface area contributed by atoms with Gasteiger partial charge in [0.1, 0.15) is 0 Å². The van der Waals surface area contributed by atoms with Crippen LogP contribution in [0.5, 0.6) is 0 Å². The number of carboxylic acid groups (broad SMARTS) is 1. The van der Waals surface area contributed by atoms with Crippen molar-refractivity contribution in [1.29, 1.82) is 0 Å². The van der Waals surface area contributed by atoms with Crippen LogP contribution in [0.25, 0.3) is 0 Å². The summed E-state index contributed by atoms with van der Waals surface area (Å²) in [5, 5.41) is 9.06. The summed E-state index contributed by atoms with van der Waals surface area (Å²) in [5.74, 6) is -0.858. The quantitative estimate of drug-likeness (QED) is 0.342. The number of unbranched alkanes of at least 4 members (excludes halogenated alkanes) is 5. The molecule has 17 heavy (non-hydrogen) atoms. The number of hydrogen-bond donors (Lipinski definition) is 1. The molecule has 0 aromatic heterocycles. The zero-order valence-corrected chi connectivity index (χ0v) is 10.6. The normalized spacial score (nSPS) is 19.9. The van der Waals surface area contributed by atoms with Gasteiger partial charge in [0.05, 0.1) is 18.6 Å². The Kier molecular flexibility index (Phi) is 6.94. The summed E-state index contributed by atoms with van der Waals surface area (Å²) >= 11 is 0. The van der Waals surface area contributed by atoms with Crippen LogP contribution in [0.4, 0.5) is 0 Å². The fraction of sp³-hybridized carbons (Fsp3) is 0.786. The molecule has 0 aromatic rings. The lowest BCUT2D eigenvalue weighted by Gasteiger charge is -2.10. The summed E-state index contributed by atoms with van der Waals surface area (Å²) in [6, 6.07) is 0. The smallest absolute Gasteiger partial charge is 0.306 e. The van der Waals surface area contributed by atoms with Crippen LogP contribution in [-0.2, 0) is 9.53 Å². The molecule has 0 amide bonds. The van der Waals surface area contributed by atoms with Crippen molar-refractivity contribution in [1.82, 2.24) is 0 Å². The van der Waals surface area contributed by atoms with Gasteiger partial charge in [-0.1, -0.05) is 31.8 Å². The van der Waals surface area contributed by atoms with Crippen molar-refractivity contribution in [3.05, 3.63) is 12.7 Å². The second-order valence-electron chi connectivity index (χ2n) is 4.86. The maximum absolute atomic E-state index is 11.0. The van der Waals surface area contributed by atoms with E-state index in [1.807, 2.05) is 6.08 Å². The van der Waals surface area contributed by atoms with Gasteiger partial charge in [0.15, 0.2) is 0 Å². The van der Waals surface area contributed by atoms with Crippen molar-refractivity contribution in [3.8, 4) is 0 Å². The Morgan fingerprint density at radius 3 is 2.59 bits per heavy atom. The second-order valence-corrected chi connectivity index (χ2v) is 4.86. The molecule has 0 spiro atoms. The monoisotopic (exact) mass is 240 g/mol. The third-order valence-electron chi connectivity index (χ3n) is 3.26. The number of carbonyl (C=O) groups is 1. The molecule has 1 heterocycles. The third-order valence-corrected chi connectivity index (χ3v) is 3.26. The molecule has 3 heteroatoms. The van der Waals surface area contributed by atoms with Gasteiger partial charge in [-0.15, -0.1) is 6.58 Å². The molecule has 2 unspecified atom stereocenters. The Morgan fingerprint density at radius 1 is 1.35 bits per heavy atom. The van der Waals surface area contributed by atoms with Crippen molar-refractivity contribution in [2.75, 3.05) is 6.61 Å². The Labute approximate surface area is 104 Å². The number of hydrogen-bond acceptors (Lipinski definition) is 2. The van der Waals surface area contributed by atoms with Crippen molar-refractivity contribution in [2.24, 2.45) is 5.92 Å². The van der Waals surface area contributed by atoms with Gasteiger partial charge < -0.3 is 9.84 Å². The SMILES string of the molecule is C=CCCCCCCCC(CC1CO1)C(=O)O. The largest absolute Gasteiger partial charge is 0.481 e. The standard InChI is InChI=1S/C14H24O3/c1-2-3-4-5-6-7-8-9-12(14(15)16)10-13-11-17-13/h2,12-13H,1,3-11H2,(H,15,16). The average molecular weight is 240 g/mol. The van der Waals surface area contributed by atoms with E-state index in [9.17, 15) is 4.79 Å². The van der Waals surface area contributed by atoms with Gasteiger partial charge >= 0.3 is 5.97 Å². The van der Waals surface area contributed by atoms with Crippen molar-refractivity contribution >= 4 is 5.97 Å². The van der Waals surface area contributed by atoms with E-state index in [0.717, 1.165) is 32.3 Å². The van der Waals surface area contributed by atoms with E-state index in [1.165, 1.54) is 19.3 Å². The number of aliphatic carboxylic acids is 1. The van der Waals surface area contributed by atoms with Gasteiger partial charge in [-0.2, -0.15) is 0 Å². The molecule has 0 bridgehead atoms. The molecule has 1 aliphatic rings. The Hall–Kier alpha value is -0.830. The maximum atomic E-state index is 11.0. The highest BCUT2D eigenvalue weighted by Crippen LogP contribution is 2.24. The molecule has 1 aliphatic heterocycles. The van der Waals surface area contributed by atoms with Crippen molar-refractivity contribution in [2.45, 2.75) is 57.5 Å². The highest BCUT2D eigenvalue weighted by atomic mass is 16.6. The van der Waals surface area contributed by atoms with Crippen LogP contribution in [0.2, 0.25) is 0 Å². The van der Waals surface area contributed by atoms with Crippen molar-refractivity contribution in [3.63, 3.8) is 0 Å². The van der Waals surface area contributed by atoms with Gasteiger partial charge in [0, 0.05) is 0 Å². The average Bonchev–Trinajstić information content (AvgIpc) is 3.10. The molecule has 1 N–H and O–H groups in total. The minimum atomic E-state index is -0.660. The highest BCUT2D eigenvalue weighted by Gasteiger charge is 2.29. The predicted octanol–water partition coefficient (Wildman–Crippen LogP) is 3.39. The molecule has 3 nitrogen and oxygen atoms in total. The fourth-order valence-corrected chi connectivity index (χ4v) is 2.07. The Morgan fingerprint density at radius 2 is 2.00 bits per heavy atom. The number of epoxide rings is 1. The summed E-state index contributed by atoms with van der Waals surface area (Å²) in [7, 11) is 0. The lowest BCUT2D eigenvalue weighted by Crippen LogP contribution is -2.15. The van der Waals surface area contributed by atoms with Crippen LogP contribution >= 0.6 is 0 Å². The fourth-order valence-electron chi connectivity index (χ4n) is 2.07. The van der Waals surface area contributed by atoms with Gasteiger partial charge in [-0.25, -0.2) is 0 Å². The molecular weight excluding hydrogens is 216 g/mol. The van der Waals surface area contributed by atoms with E-state index in [2.05, 4.69) is 6.58 Å². The van der Waals surface area contributed by atoms with Gasteiger partial charge in [0.2, 0.25) is 0 Å². The highest BCUT2D eigenvalue weighted by molar-refractivity contribution is 5.69. The minimum absolute atomic E-state index is 0.198. The summed E-state index contributed by atoms with van der Waals surface area (Å²) < 4.78 is 5.09. The lowest BCUT2D eigenvalue weighted by molar-refractivity contribution is -0.142. The van der Waals surface area contributed by atoms with E-state index < -0.39 is 5.97 Å². The van der Waals surface area contributed by atoms with E-state index in [0.29, 0.717) is 6.42 Å². The Bertz CT molecular complexity index is 234. The van der Waals surface area contributed by atoms with E-state index in [4.69, 9.17) is 9.84 Å². The zero-order valence-electron chi connectivity index (χ0n) is 10.6. The minimum Gasteiger partial charge on any atom is -0.481 e. The van der Waals surface area contributed by atoms with E-state index in [1.54, 1.807) is 0 Å². The predicted molar refractivity (Wildman–Crippen MR) is 68.0 cm³/mol. The molecule has 1 saturated heterocycles. The van der Waals surface area contributed by atoms with Crippen LogP contribution in [0, 0.1) is 5.92 Å². The summed E-state index contributed by atoms with van der Waals surface area (Å²) in [5.41, 5.74) is 0. The number of ether oxygens (including phenoxy) is 1. The van der Waals surface area contributed by atoms with E-state index >= 15 is 0 Å². The first-order valence-electron chi connectivity index (χ1n) is 6.69. The Balaban J connectivity index is 1.98. The first-order chi connectivity index (χ1) is 8.24.